The summed E-state index contributed by atoms with van der Waals surface area (Å²) in [6.07, 6.45) is -2.08. The van der Waals surface area contributed by atoms with Gasteiger partial charge < -0.3 is 10.2 Å². The van der Waals surface area contributed by atoms with E-state index < -0.39 is 27.8 Å². The van der Waals surface area contributed by atoms with E-state index in [-0.39, 0.29) is 43.4 Å². The molecule has 0 heterocycles. The lowest BCUT2D eigenvalue weighted by molar-refractivity contribution is -0.140. The number of alkyl halides is 3. The van der Waals surface area contributed by atoms with Gasteiger partial charge in [-0.3, -0.25) is 13.9 Å². The Kier molecular flexibility index (Phi) is 11.6. The second-order valence-corrected chi connectivity index (χ2v) is 11.8. The number of rotatable bonds is 13. The van der Waals surface area contributed by atoms with E-state index in [0.29, 0.717) is 6.54 Å². The Morgan fingerprint density at radius 2 is 1.74 bits per heavy atom. The molecule has 2 aromatic carbocycles. The van der Waals surface area contributed by atoms with E-state index in [0.717, 1.165) is 51.6 Å². The van der Waals surface area contributed by atoms with E-state index in [1.807, 2.05) is 31.2 Å². The quantitative estimate of drug-likeness (QED) is 0.306. The second-order valence-electron chi connectivity index (χ2n) is 8.96. The average molecular weight is 621 g/mol. The molecule has 38 heavy (non-hydrogen) atoms. The summed E-state index contributed by atoms with van der Waals surface area (Å²) in [5.41, 5.74) is -0.301. The zero-order valence-electron chi connectivity index (χ0n) is 21.6. The van der Waals surface area contributed by atoms with Crippen LogP contribution in [0.3, 0.4) is 0 Å². The first-order valence-corrected chi connectivity index (χ1v) is 14.8. The number of sulfonamides is 1. The summed E-state index contributed by atoms with van der Waals surface area (Å²) >= 11 is 3.37. The van der Waals surface area contributed by atoms with Crippen LogP contribution in [-0.4, -0.2) is 50.5 Å². The van der Waals surface area contributed by atoms with Crippen molar-refractivity contribution in [3.05, 3.63) is 64.1 Å². The third-order valence-electron chi connectivity index (χ3n) is 5.88. The van der Waals surface area contributed by atoms with E-state index in [2.05, 4.69) is 21.2 Å². The highest BCUT2D eigenvalue weighted by Crippen LogP contribution is 2.32. The summed E-state index contributed by atoms with van der Waals surface area (Å²) in [6, 6.07) is 10.6. The molecule has 1 unspecified atom stereocenters. The molecule has 0 fully saturated rings. The Morgan fingerprint density at radius 3 is 2.32 bits per heavy atom. The lowest BCUT2D eigenvalue weighted by Gasteiger charge is -2.29. The van der Waals surface area contributed by atoms with Crippen molar-refractivity contribution in [3.8, 4) is 0 Å². The molecular weight excluding hydrogens is 587 g/mol. The van der Waals surface area contributed by atoms with Gasteiger partial charge in [-0.15, -0.1) is 0 Å². The Bertz CT molecular complexity index is 1190. The molecule has 0 aliphatic rings. The molecule has 1 atom stereocenters. The molecule has 1 N–H and O–H groups in total. The average Bonchev–Trinajstić information content (AvgIpc) is 2.84. The zero-order chi connectivity index (χ0) is 28.5. The van der Waals surface area contributed by atoms with E-state index in [1.165, 1.54) is 11.0 Å². The van der Waals surface area contributed by atoms with Crippen LogP contribution in [-0.2, 0) is 32.3 Å². The van der Waals surface area contributed by atoms with Gasteiger partial charge in [0.2, 0.25) is 21.8 Å². The number of hydrogen-bond acceptors (Lipinski definition) is 4. The van der Waals surface area contributed by atoms with Crippen LogP contribution >= 0.6 is 15.9 Å². The van der Waals surface area contributed by atoms with E-state index >= 15 is 0 Å². The standard InChI is InChI=1S/C26H33BrF3N3O4S/c1-4-5-15-31-25(35)19(2)32(18-20-11-13-22(27)14-12-20)24(34)10-7-16-33(38(3,36)37)23-9-6-8-21(17-23)26(28,29)30/h6,8-9,11-14,17,19H,4-5,7,10,15-16,18H2,1-3H3,(H,31,35). The molecule has 0 aliphatic carbocycles. The topological polar surface area (TPSA) is 86.8 Å². The maximum atomic E-state index is 13.3. The van der Waals surface area contributed by atoms with Crippen molar-refractivity contribution >= 4 is 43.5 Å². The smallest absolute Gasteiger partial charge is 0.354 e. The molecule has 2 amide bonds. The SMILES string of the molecule is CCCCNC(=O)C(C)N(Cc1ccc(Br)cc1)C(=O)CCCN(c1cccc(C(F)(F)F)c1)S(C)(=O)=O. The predicted octanol–water partition coefficient (Wildman–Crippen LogP) is 5.35. The van der Waals surface area contributed by atoms with E-state index in [9.17, 15) is 31.2 Å². The number of unbranched alkanes of at least 4 members (excludes halogenated alkanes) is 1. The molecule has 12 heteroatoms. The summed E-state index contributed by atoms with van der Waals surface area (Å²) in [5, 5.41) is 2.83. The van der Waals surface area contributed by atoms with Crippen molar-refractivity contribution in [2.24, 2.45) is 0 Å². The summed E-state index contributed by atoms with van der Waals surface area (Å²) in [5.74, 6) is -0.672. The van der Waals surface area contributed by atoms with Crippen LogP contribution in [0.1, 0.15) is 50.7 Å². The maximum Gasteiger partial charge on any atom is 0.416 e. The third kappa shape index (κ3) is 9.61. The first-order valence-electron chi connectivity index (χ1n) is 12.2. The number of halogens is 4. The number of nitrogens with one attached hydrogen (secondary N) is 1. The maximum absolute atomic E-state index is 13.3. The first-order chi connectivity index (χ1) is 17.7. The highest BCUT2D eigenvalue weighted by Gasteiger charge is 2.32. The minimum absolute atomic E-state index is 0.0448. The molecule has 0 saturated carbocycles. The molecule has 0 aliphatic heterocycles. The van der Waals surface area contributed by atoms with Gasteiger partial charge in [-0.25, -0.2) is 8.42 Å². The number of hydrogen-bond donors (Lipinski definition) is 1. The summed E-state index contributed by atoms with van der Waals surface area (Å²) in [6.45, 7) is 4.08. The highest BCUT2D eigenvalue weighted by atomic mass is 79.9. The number of amides is 2. The monoisotopic (exact) mass is 619 g/mol. The van der Waals surface area contributed by atoms with Gasteiger partial charge in [0.1, 0.15) is 6.04 Å². The van der Waals surface area contributed by atoms with Gasteiger partial charge in [0.05, 0.1) is 17.5 Å². The first kappa shape index (κ1) is 31.6. The second kappa shape index (κ2) is 14.0. The van der Waals surface area contributed by atoms with Gasteiger partial charge in [-0.1, -0.05) is 47.5 Å². The fourth-order valence-corrected chi connectivity index (χ4v) is 4.97. The molecule has 0 bridgehead atoms. The fourth-order valence-electron chi connectivity index (χ4n) is 3.75. The van der Waals surface area contributed by atoms with Gasteiger partial charge in [-0.05, 0) is 55.7 Å². The Balaban J connectivity index is 2.19. The van der Waals surface area contributed by atoms with Gasteiger partial charge in [0, 0.05) is 30.5 Å². The molecule has 7 nitrogen and oxygen atoms in total. The summed E-state index contributed by atoms with van der Waals surface area (Å²) < 4.78 is 66.0. The van der Waals surface area contributed by atoms with E-state index in [4.69, 9.17) is 0 Å². The molecule has 2 rings (SSSR count). The molecular formula is C26H33BrF3N3O4S. The van der Waals surface area contributed by atoms with Gasteiger partial charge in [0.25, 0.3) is 0 Å². The molecule has 0 aromatic heterocycles. The largest absolute Gasteiger partial charge is 0.416 e. The Hall–Kier alpha value is -2.60. The molecule has 0 saturated heterocycles. The van der Waals surface area contributed by atoms with Crippen LogP contribution in [0, 0.1) is 0 Å². The molecule has 0 radical (unpaired) electrons. The number of nitrogens with zero attached hydrogens (tertiary/aromatic N) is 2. The summed E-state index contributed by atoms with van der Waals surface area (Å²) in [7, 11) is -3.92. The number of benzene rings is 2. The van der Waals surface area contributed by atoms with Crippen LogP contribution in [0.2, 0.25) is 0 Å². The Morgan fingerprint density at radius 1 is 1.08 bits per heavy atom. The molecule has 2 aromatic rings. The Labute approximate surface area is 230 Å². The van der Waals surface area contributed by atoms with Gasteiger partial charge >= 0.3 is 6.18 Å². The minimum Gasteiger partial charge on any atom is -0.354 e. The van der Waals surface area contributed by atoms with Crippen molar-refractivity contribution in [1.82, 2.24) is 10.2 Å². The lowest BCUT2D eigenvalue weighted by atomic mass is 10.1. The van der Waals surface area contributed by atoms with Crippen molar-refractivity contribution < 1.29 is 31.2 Å². The van der Waals surface area contributed by atoms with Crippen LogP contribution in [0.4, 0.5) is 18.9 Å². The predicted molar refractivity (Wildman–Crippen MR) is 145 cm³/mol. The van der Waals surface area contributed by atoms with Crippen molar-refractivity contribution in [1.29, 1.82) is 0 Å². The third-order valence-corrected chi connectivity index (χ3v) is 7.60. The highest BCUT2D eigenvalue weighted by molar-refractivity contribution is 9.10. The van der Waals surface area contributed by atoms with Gasteiger partial charge in [0.15, 0.2) is 0 Å². The van der Waals surface area contributed by atoms with Crippen LogP contribution < -0.4 is 9.62 Å². The zero-order valence-corrected chi connectivity index (χ0v) is 24.0. The number of carbonyl (C=O) groups excluding carboxylic acids is 2. The van der Waals surface area contributed by atoms with Crippen LogP contribution in [0.25, 0.3) is 0 Å². The minimum atomic E-state index is -4.63. The molecule has 0 spiro atoms. The van der Waals surface area contributed by atoms with Crippen molar-refractivity contribution in [2.45, 2.75) is 58.3 Å². The van der Waals surface area contributed by atoms with E-state index in [1.54, 1.807) is 6.92 Å². The normalized spacial score (nSPS) is 12.6. The van der Waals surface area contributed by atoms with Crippen molar-refractivity contribution in [2.75, 3.05) is 23.7 Å². The van der Waals surface area contributed by atoms with Gasteiger partial charge in [-0.2, -0.15) is 13.2 Å². The summed E-state index contributed by atoms with van der Waals surface area (Å²) in [4.78, 5) is 27.4. The fraction of sp³-hybridized carbons (Fsp3) is 0.462. The number of carbonyl (C=O) groups is 2. The molecule has 210 valence electrons. The van der Waals surface area contributed by atoms with Crippen LogP contribution in [0.5, 0.6) is 0 Å². The lowest BCUT2D eigenvalue weighted by Crippen LogP contribution is -2.48. The van der Waals surface area contributed by atoms with Crippen LogP contribution in [0.15, 0.2) is 53.0 Å². The number of anilines is 1. The van der Waals surface area contributed by atoms with Crippen molar-refractivity contribution in [3.63, 3.8) is 0 Å².